The van der Waals surface area contributed by atoms with Crippen LogP contribution in [0.4, 0.5) is 0 Å². The van der Waals surface area contributed by atoms with Crippen molar-refractivity contribution in [2.24, 2.45) is 5.92 Å². The van der Waals surface area contributed by atoms with Crippen molar-refractivity contribution in [1.29, 1.82) is 0 Å². The van der Waals surface area contributed by atoms with E-state index in [1.165, 1.54) is 0 Å². The van der Waals surface area contributed by atoms with Gasteiger partial charge in [0.25, 0.3) is 17.7 Å². The monoisotopic (exact) mass is 558 g/mol. The summed E-state index contributed by atoms with van der Waals surface area (Å²) >= 11 is 24.5. The highest BCUT2D eigenvalue weighted by Gasteiger charge is 2.47. The zero-order valence-corrected chi connectivity index (χ0v) is 22.1. The molecule has 0 spiro atoms. The smallest absolute Gasteiger partial charge is 0.329 e. The molecule has 0 saturated heterocycles. The SMILES string of the molecule is CC(C)C[C@H](C(=O)OCC(=O)N[C@H](C)c1ccccc1)N1C(=O)c2c(Cl)c(Cl)c(Cl)c(Cl)c2C1=O. The van der Waals surface area contributed by atoms with Gasteiger partial charge in [0.15, 0.2) is 6.61 Å². The zero-order chi connectivity index (χ0) is 26.0. The van der Waals surface area contributed by atoms with E-state index in [2.05, 4.69) is 5.32 Å². The maximum absolute atomic E-state index is 13.2. The number of amides is 3. The number of carbonyl (C=O) groups is 4. The van der Waals surface area contributed by atoms with E-state index in [4.69, 9.17) is 51.1 Å². The highest BCUT2D eigenvalue weighted by molar-refractivity contribution is 6.55. The van der Waals surface area contributed by atoms with Gasteiger partial charge < -0.3 is 10.1 Å². The van der Waals surface area contributed by atoms with Crippen LogP contribution in [0.3, 0.4) is 0 Å². The van der Waals surface area contributed by atoms with Crippen LogP contribution in [-0.4, -0.2) is 41.2 Å². The quantitative estimate of drug-likeness (QED) is 0.193. The van der Waals surface area contributed by atoms with Crippen LogP contribution in [-0.2, 0) is 14.3 Å². The molecule has 0 radical (unpaired) electrons. The third-order valence-corrected chi connectivity index (χ3v) is 7.24. The summed E-state index contributed by atoms with van der Waals surface area (Å²) < 4.78 is 5.20. The van der Waals surface area contributed by atoms with Gasteiger partial charge in [0, 0.05) is 0 Å². The second-order valence-electron chi connectivity index (χ2n) is 8.44. The number of nitrogens with zero attached hydrogens (tertiary/aromatic N) is 1. The van der Waals surface area contributed by atoms with Gasteiger partial charge in [0.2, 0.25) is 0 Å². The fourth-order valence-corrected chi connectivity index (χ4v) is 4.76. The van der Waals surface area contributed by atoms with Crippen molar-refractivity contribution in [3.63, 3.8) is 0 Å². The van der Waals surface area contributed by atoms with Gasteiger partial charge in [0.05, 0.1) is 37.3 Å². The van der Waals surface area contributed by atoms with Crippen molar-refractivity contribution in [3.05, 3.63) is 67.1 Å². The first-order chi connectivity index (χ1) is 16.5. The second kappa shape index (κ2) is 11.2. The van der Waals surface area contributed by atoms with Crippen LogP contribution in [0.1, 0.15) is 59.5 Å². The fourth-order valence-electron chi connectivity index (χ4n) is 3.74. The molecule has 0 aliphatic carbocycles. The molecule has 0 bridgehead atoms. The Hall–Kier alpha value is -2.32. The molecular formula is C24H22Cl4N2O5. The Bertz CT molecular complexity index is 1140. The fraction of sp³-hybridized carbons (Fsp3) is 0.333. The molecule has 1 aliphatic heterocycles. The van der Waals surface area contributed by atoms with Gasteiger partial charge in [-0.3, -0.25) is 19.3 Å². The number of hydrogen-bond donors (Lipinski definition) is 1. The summed E-state index contributed by atoms with van der Waals surface area (Å²) in [6.45, 7) is 4.81. The van der Waals surface area contributed by atoms with E-state index in [0.29, 0.717) is 0 Å². The average molecular weight is 560 g/mol. The lowest BCUT2D eigenvalue weighted by atomic mass is 10.0. The van der Waals surface area contributed by atoms with Gasteiger partial charge >= 0.3 is 5.97 Å². The van der Waals surface area contributed by atoms with E-state index in [9.17, 15) is 19.2 Å². The summed E-state index contributed by atoms with van der Waals surface area (Å²) in [4.78, 5) is 52.5. The van der Waals surface area contributed by atoms with Gasteiger partial charge in [-0.25, -0.2) is 4.79 Å². The summed E-state index contributed by atoms with van der Waals surface area (Å²) in [5.74, 6) is -3.26. The molecule has 2 aromatic rings. The van der Waals surface area contributed by atoms with Crippen LogP contribution in [0.25, 0.3) is 0 Å². The van der Waals surface area contributed by atoms with Crippen molar-refractivity contribution >= 4 is 70.1 Å². The molecule has 3 rings (SSSR count). The minimum atomic E-state index is -1.31. The number of hydrogen-bond acceptors (Lipinski definition) is 5. The van der Waals surface area contributed by atoms with E-state index in [1.807, 2.05) is 30.3 Å². The normalized spacial score (nSPS) is 14.7. The zero-order valence-electron chi connectivity index (χ0n) is 19.0. The molecule has 2 aromatic carbocycles. The first-order valence-corrected chi connectivity index (χ1v) is 12.2. The van der Waals surface area contributed by atoms with E-state index < -0.39 is 36.3 Å². The first kappa shape index (κ1) is 27.3. The highest BCUT2D eigenvalue weighted by atomic mass is 35.5. The molecule has 1 aliphatic rings. The predicted molar refractivity (Wildman–Crippen MR) is 134 cm³/mol. The molecule has 1 heterocycles. The highest BCUT2D eigenvalue weighted by Crippen LogP contribution is 2.45. The summed E-state index contributed by atoms with van der Waals surface area (Å²) in [6, 6.07) is 7.62. The van der Waals surface area contributed by atoms with Crippen molar-refractivity contribution < 1.29 is 23.9 Å². The molecular weight excluding hydrogens is 538 g/mol. The second-order valence-corrected chi connectivity index (χ2v) is 9.95. The standard InChI is InChI=1S/C24H22Cl4N2O5/c1-11(2)9-14(24(34)35-10-15(31)29-12(3)13-7-5-4-6-8-13)30-22(32)16-17(23(30)33)19(26)21(28)20(27)18(16)25/h4-8,11-12,14H,9-10H2,1-3H3,(H,29,31)/t12-,14-/m1/s1. The Morgan fingerprint density at radius 3 is 1.89 bits per heavy atom. The maximum atomic E-state index is 13.2. The van der Waals surface area contributed by atoms with Gasteiger partial charge in [-0.2, -0.15) is 0 Å². The minimum Gasteiger partial charge on any atom is -0.454 e. The van der Waals surface area contributed by atoms with E-state index in [0.717, 1.165) is 10.5 Å². The van der Waals surface area contributed by atoms with Crippen LogP contribution in [0, 0.1) is 5.92 Å². The summed E-state index contributed by atoms with van der Waals surface area (Å²) in [6.07, 6.45) is 0.0864. The topological polar surface area (TPSA) is 92.8 Å². The Labute approximate surface area is 222 Å². The van der Waals surface area contributed by atoms with Crippen LogP contribution >= 0.6 is 46.4 Å². The molecule has 0 unspecified atom stereocenters. The van der Waals surface area contributed by atoms with Crippen molar-refractivity contribution in [2.45, 2.75) is 39.3 Å². The van der Waals surface area contributed by atoms with Crippen molar-refractivity contribution in [2.75, 3.05) is 6.61 Å². The van der Waals surface area contributed by atoms with Crippen molar-refractivity contribution in [3.8, 4) is 0 Å². The lowest BCUT2D eigenvalue weighted by Gasteiger charge is -2.26. The van der Waals surface area contributed by atoms with Gasteiger partial charge in [-0.05, 0) is 24.8 Å². The van der Waals surface area contributed by atoms with Gasteiger partial charge in [0.1, 0.15) is 6.04 Å². The molecule has 35 heavy (non-hydrogen) atoms. The van der Waals surface area contributed by atoms with Crippen LogP contribution in [0.5, 0.6) is 0 Å². The van der Waals surface area contributed by atoms with Gasteiger partial charge in [-0.15, -0.1) is 0 Å². The van der Waals surface area contributed by atoms with E-state index in [-0.39, 0.29) is 49.6 Å². The molecule has 7 nitrogen and oxygen atoms in total. The molecule has 11 heteroatoms. The number of imide groups is 1. The number of esters is 1. The molecule has 0 saturated carbocycles. The maximum Gasteiger partial charge on any atom is 0.329 e. The van der Waals surface area contributed by atoms with Crippen LogP contribution < -0.4 is 5.32 Å². The van der Waals surface area contributed by atoms with E-state index >= 15 is 0 Å². The number of carbonyl (C=O) groups excluding carboxylic acids is 4. The number of rotatable bonds is 8. The van der Waals surface area contributed by atoms with Crippen molar-refractivity contribution in [1.82, 2.24) is 10.2 Å². The molecule has 3 amide bonds. The lowest BCUT2D eigenvalue weighted by Crippen LogP contribution is -2.47. The number of fused-ring (bicyclic) bond motifs is 1. The molecule has 2 atom stereocenters. The summed E-state index contributed by atoms with van der Waals surface area (Å²) in [5.41, 5.74) is 0.418. The molecule has 186 valence electrons. The van der Waals surface area contributed by atoms with Crippen LogP contribution in [0.2, 0.25) is 20.1 Å². The Balaban J connectivity index is 1.79. The number of ether oxygens (including phenoxy) is 1. The lowest BCUT2D eigenvalue weighted by molar-refractivity contribution is -0.153. The number of halogens is 4. The Morgan fingerprint density at radius 2 is 1.40 bits per heavy atom. The Morgan fingerprint density at radius 1 is 0.886 bits per heavy atom. The summed E-state index contributed by atoms with van der Waals surface area (Å²) in [7, 11) is 0. The molecule has 0 aromatic heterocycles. The first-order valence-electron chi connectivity index (χ1n) is 10.7. The molecule has 1 N–H and O–H groups in total. The largest absolute Gasteiger partial charge is 0.454 e. The average Bonchev–Trinajstić information content (AvgIpc) is 3.08. The number of benzene rings is 2. The Kier molecular flexibility index (Phi) is 8.70. The van der Waals surface area contributed by atoms with Gasteiger partial charge in [-0.1, -0.05) is 90.6 Å². The van der Waals surface area contributed by atoms with E-state index in [1.54, 1.807) is 20.8 Å². The van der Waals surface area contributed by atoms with Crippen LogP contribution in [0.15, 0.2) is 30.3 Å². The minimum absolute atomic E-state index is 0.0864. The predicted octanol–water partition coefficient (Wildman–Crippen LogP) is 5.73. The summed E-state index contributed by atoms with van der Waals surface area (Å²) in [5, 5.41) is 1.92. The third kappa shape index (κ3) is 5.59. The molecule has 0 fully saturated rings. The number of nitrogens with one attached hydrogen (secondary N) is 1. The third-order valence-electron chi connectivity index (χ3n) is 5.43.